The Kier molecular flexibility index (Phi) is 8.30. The Hall–Kier alpha value is -1.84. The zero-order valence-electron chi connectivity index (χ0n) is 17.7. The molecule has 1 amide bonds. The molecule has 0 radical (unpaired) electrons. The van der Waals surface area contributed by atoms with Gasteiger partial charge in [0.2, 0.25) is 15.9 Å². The number of thioether (sulfide) groups is 1. The largest absolute Gasteiger partial charge is 0.326 e. The van der Waals surface area contributed by atoms with Crippen LogP contribution in [-0.2, 0) is 21.4 Å². The quantitative estimate of drug-likeness (QED) is 0.571. The summed E-state index contributed by atoms with van der Waals surface area (Å²) in [6.07, 6.45) is 4.62. The molecular weight excluding hydrogens is 408 g/mol. The third kappa shape index (κ3) is 5.61. The molecule has 0 saturated carbocycles. The van der Waals surface area contributed by atoms with Crippen LogP contribution in [0.25, 0.3) is 0 Å². The van der Waals surface area contributed by atoms with Gasteiger partial charge in [0.15, 0.2) is 5.16 Å². The maximum atomic E-state index is 12.9. The molecule has 1 aromatic carbocycles. The fourth-order valence-corrected chi connectivity index (χ4v) is 5.54. The molecule has 2 rings (SSSR count). The zero-order valence-corrected chi connectivity index (χ0v) is 19.3. The maximum Gasteiger partial charge on any atom is 0.243 e. The van der Waals surface area contributed by atoms with Crippen LogP contribution >= 0.6 is 11.8 Å². The van der Waals surface area contributed by atoms with Crippen molar-refractivity contribution in [1.82, 2.24) is 13.9 Å². The molecule has 1 heterocycles. The summed E-state index contributed by atoms with van der Waals surface area (Å²) in [5.41, 5.74) is 1.12. The molecule has 0 fully saturated rings. The van der Waals surface area contributed by atoms with Crippen LogP contribution in [0.5, 0.6) is 0 Å². The van der Waals surface area contributed by atoms with Gasteiger partial charge in [-0.2, -0.15) is 4.31 Å². The standard InChI is InChI=1S/C20H30N4O3S2/c1-6-12-23-13-11-21-20(23)28-16(5)19(25)22-17-10-9-15(4)18(14-17)29(26,27)24(7-2)8-3/h9-11,13-14,16H,6-8,12H2,1-5H3,(H,22,25)/t16-/m0/s1. The fourth-order valence-electron chi connectivity index (χ4n) is 2.94. The highest BCUT2D eigenvalue weighted by molar-refractivity contribution is 8.00. The number of aryl methyl sites for hydroxylation is 2. The molecule has 1 aromatic heterocycles. The number of amides is 1. The van der Waals surface area contributed by atoms with E-state index < -0.39 is 10.0 Å². The second kappa shape index (κ2) is 10.3. The number of rotatable bonds is 10. The van der Waals surface area contributed by atoms with Gasteiger partial charge in [-0.3, -0.25) is 4.79 Å². The molecule has 160 valence electrons. The minimum atomic E-state index is -3.60. The Bertz CT molecular complexity index is 937. The van der Waals surface area contributed by atoms with E-state index in [4.69, 9.17) is 0 Å². The molecular formula is C20H30N4O3S2. The lowest BCUT2D eigenvalue weighted by atomic mass is 10.2. The summed E-state index contributed by atoms with van der Waals surface area (Å²) < 4.78 is 29.2. The Morgan fingerprint density at radius 2 is 1.97 bits per heavy atom. The molecule has 1 N–H and O–H groups in total. The summed E-state index contributed by atoms with van der Waals surface area (Å²) in [7, 11) is -3.60. The van der Waals surface area contributed by atoms with Crippen LogP contribution in [0.4, 0.5) is 5.69 Å². The number of sulfonamides is 1. The summed E-state index contributed by atoms with van der Waals surface area (Å²) in [5.74, 6) is -0.198. The van der Waals surface area contributed by atoms with Crippen molar-refractivity contribution in [3.05, 3.63) is 36.2 Å². The second-order valence-electron chi connectivity index (χ2n) is 6.72. The lowest BCUT2D eigenvalue weighted by Crippen LogP contribution is -2.31. The predicted octanol–water partition coefficient (Wildman–Crippen LogP) is 3.75. The maximum absolute atomic E-state index is 12.9. The normalized spacial score (nSPS) is 12.9. The van der Waals surface area contributed by atoms with E-state index in [0.29, 0.717) is 24.3 Å². The van der Waals surface area contributed by atoms with E-state index in [1.807, 2.05) is 31.5 Å². The molecule has 7 nitrogen and oxygen atoms in total. The van der Waals surface area contributed by atoms with Gasteiger partial charge < -0.3 is 9.88 Å². The van der Waals surface area contributed by atoms with Gasteiger partial charge >= 0.3 is 0 Å². The Morgan fingerprint density at radius 1 is 1.28 bits per heavy atom. The molecule has 0 aliphatic heterocycles. The lowest BCUT2D eigenvalue weighted by molar-refractivity contribution is -0.115. The van der Waals surface area contributed by atoms with Crippen molar-refractivity contribution in [2.24, 2.45) is 0 Å². The number of hydrogen-bond donors (Lipinski definition) is 1. The molecule has 0 saturated heterocycles. The van der Waals surface area contributed by atoms with Crippen molar-refractivity contribution in [2.75, 3.05) is 18.4 Å². The molecule has 0 spiro atoms. The van der Waals surface area contributed by atoms with Crippen LogP contribution in [-0.4, -0.2) is 46.5 Å². The summed E-state index contributed by atoms with van der Waals surface area (Å²) in [5, 5.41) is 3.26. The van der Waals surface area contributed by atoms with Crippen LogP contribution in [0, 0.1) is 6.92 Å². The third-order valence-corrected chi connectivity index (χ3v) is 7.88. The molecule has 9 heteroatoms. The van der Waals surface area contributed by atoms with Crippen molar-refractivity contribution in [3.8, 4) is 0 Å². The predicted molar refractivity (Wildman–Crippen MR) is 118 cm³/mol. The van der Waals surface area contributed by atoms with Crippen LogP contribution < -0.4 is 5.32 Å². The number of hydrogen-bond acceptors (Lipinski definition) is 5. The average molecular weight is 439 g/mol. The molecule has 2 aromatic rings. The minimum absolute atomic E-state index is 0.198. The fraction of sp³-hybridized carbons (Fsp3) is 0.500. The first-order valence-corrected chi connectivity index (χ1v) is 12.2. The van der Waals surface area contributed by atoms with E-state index >= 15 is 0 Å². The smallest absolute Gasteiger partial charge is 0.243 e. The molecule has 0 unspecified atom stereocenters. The van der Waals surface area contributed by atoms with E-state index in [-0.39, 0.29) is 16.1 Å². The first-order valence-electron chi connectivity index (χ1n) is 9.83. The van der Waals surface area contributed by atoms with Gasteiger partial charge in [0, 0.05) is 37.7 Å². The summed E-state index contributed by atoms with van der Waals surface area (Å²) in [6, 6.07) is 4.98. The molecule has 29 heavy (non-hydrogen) atoms. The van der Waals surface area contributed by atoms with E-state index in [2.05, 4.69) is 17.2 Å². The second-order valence-corrected chi connectivity index (χ2v) is 9.94. The highest BCUT2D eigenvalue weighted by atomic mass is 32.2. The van der Waals surface area contributed by atoms with Gasteiger partial charge in [-0.1, -0.05) is 38.6 Å². The molecule has 1 atom stereocenters. The number of aromatic nitrogens is 2. The molecule has 0 aliphatic rings. The lowest BCUT2D eigenvalue weighted by Gasteiger charge is -2.20. The van der Waals surface area contributed by atoms with Crippen molar-refractivity contribution in [2.45, 2.75) is 62.9 Å². The molecule has 0 bridgehead atoms. The number of nitrogens with zero attached hydrogens (tertiary/aromatic N) is 3. The summed E-state index contributed by atoms with van der Waals surface area (Å²) in [4.78, 5) is 17.2. The number of carbonyl (C=O) groups is 1. The van der Waals surface area contributed by atoms with Crippen LogP contribution in [0.2, 0.25) is 0 Å². The van der Waals surface area contributed by atoms with E-state index in [1.165, 1.54) is 22.1 Å². The van der Waals surface area contributed by atoms with Crippen molar-refractivity contribution < 1.29 is 13.2 Å². The van der Waals surface area contributed by atoms with Crippen LogP contribution in [0.3, 0.4) is 0 Å². The summed E-state index contributed by atoms with van der Waals surface area (Å²) >= 11 is 1.38. The first kappa shape index (κ1) is 23.4. The first-order chi connectivity index (χ1) is 13.7. The Morgan fingerprint density at radius 3 is 2.59 bits per heavy atom. The SMILES string of the molecule is CCCn1ccnc1S[C@@H](C)C(=O)Nc1ccc(C)c(S(=O)(=O)N(CC)CC)c1. The zero-order chi connectivity index (χ0) is 21.6. The highest BCUT2D eigenvalue weighted by Gasteiger charge is 2.24. The van der Waals surface area contributed by atoms with Crippen LogP contribution in [0.1, 0.15) is 39.7 Å². The minimum Gasteiger partial charge on any atom is -0.326 e. The van der Waals surface area contributed by atoms with Crippen molar-refractivity contribution >= 4 is 33.4 Å². The van der Waals surface area contributed by atoms with Gasteiger partial charge in [-0.05, 0) is 38.0 Å². The van der Waals surface area contributed by atoms with Crippen molar-refractivity contribution in [3.63, 3.8) is 0 Å². The number of anilines is 1. The van der Waals surface area contributed by atoms with E-state index in [0.717, 1.165) is 18.1 Å². The highest BCUT2D eigenvalue weighted by Crippen LogP contribution is 2.26. The Labute approximate surface area is 177 Å². The van der Waals surface area contributed by atoms with Gasteiger partial charge in [-0.15, -0.1) is 0 Å². The van der Waals surface area contributed by atoms with E-state index in [1.54, 1.807) is 25.3 Å². The van der Waals surface area contributed by atoms with Gasteiger partial charge in [-0.25, -0.2) is 13.4 Å². The Balaban J connectivity index is 2.17. The average Bonchev–Trinajstić information content (AvgIpc) is 3.11. The monoisotopic (exact) mass is 438 g/mol. The van der Waals surface area contributed by atoms with Gasteiger partial charge in [0.25, 0.3) is 0 Å². The summed E-state index contributed by atoms with van der Waals surface area (Å²) in [6.45, 7) is 10.9. The van der Waals surface area contributed by atoms with Gasteiger partial charge in [0.05, 0.1) is 10.1 Å². The number of benzene rings is 1. The third-order valence-electron chi connectivity index (χ3n) is 4.57. The number of imidazole rings is 1. The topological polar surface area (TPSA) is 84.3 Å². The number of carbonyl (C=O) groups excluding carboxylic acids is 1. The van der Waals surface area contributed by atoms with Crippen LogP contribution in [0.15, 0.2) is 40.6 Å². The van der Waals surface area contributed by atoms with Gasteiger partial charge in [0.1, 0.15) is 0 Å². The molecule has 0 aliphatic carbocycles. The van der Waals surface area contributed by atoms with E-state index in [9.17, 15) is 13.2 Å². The number of nitrogens with one attached hydrogen (secondary N) is 1. The van der Waals surface area contributed by atoms with Crippen molar-refractivity contribution in [1.29, 1.82) is 0 Å².